The van der Waals surface area contributed by atoms with E-state index in [1.165, 1.54) is 11.8 Å². The van der Waals surface area contributed by atoms with Gasteiger partial charge in [0.15, 0.2) is 0 Å². The van der Waals surface area contributed by atoms with Gasteiger partial charge in [-0.2, -0.15) is 0 Å². The zero-order valence-corrected chi connectivity index (χ0v) is 22.4. The molecule has 1 aliphatic heterocycles. The molecule has 8 nitrogen and oxygen atoms in total. The molecule has 0 radical (unpaired) electrons. The number of cyclic esters (lactones) is 1. The van der Waals surface area contributed by atoms with Gasteiger partial charge in [-0.3, -0.25) is 9.59 Å². The van der Waals surface area contributed by atoms with E-state index < -0.39 is 35.6 Å². The molecule has 2 heterocycles. The molecule has 200 valence electrons. The number of esters is 1. The lowest BCUT2D eigenvalue weighted by Crippen LogP contribution is -2.46. The summed E-state index contributed by atoms with van der Waals surface area (Å²) < 4.78 is 11.1. The van der Waals surface area contributed by atoms with Crippen LogP contribution in [0.1, 0.15) is 78.8 Å². The molecule has 0 bridgehead atoms. The number of ketones is 1. The van der Waals surface area contributed by atoms with E-state index in [-0.39, 0.29) is 24.7 Å². The number of carbonyl (C=O) groups is 2. The third-order valence-electron chi connectivity index (χ3n) is 8.11. The molecule has 3 rings (SSSR count). The lowest BCUT2D eigenvalue weighted by molar-refractivity contribution is -0.154. The number of carbonyl (C=O) groups excluding carboxylic acids is 2. The van der Waals surface area contributed by atoms with Gasteiger partial charge >= 0.3 is 5.97 Å². The number of ether oxygens (including phenoxy) is 1. The van der Waals surface area contributed by atoms with E-state index in [1.54, 1.807) is 26.8 Å². The highest BCUT2D eigenvalue weighted by Crippen LogP contribution is 2.50. The Hall–Kier alpha value is -2.29. The molecule has 1 aromatic heterocycles. The summed E-state index contributed by atoms with van der Waals surface area (Å²) in [6.07, 6.45) is 4.88. The number of aliphatic hydroxyl groups is 2. The molecule has 7 atom stereocenters. The van der Waals surface area contributed by atoms with Crippen molar-refractivity contribution < 1.29 is 29.0 Å². The predicted octanol–water partition coefficient (Wildman–Crippen LogP) is 3.80. The number of allylic oxidation sites excluding steroid dienone is 1. The summed E-state index contributed by atoms with van der Waals surface area (Å²) in [4.78, 5) is 30.5. The van der Waals surface area contributed by atoms with E-state index in [4.69, 9.17) is 14.9 Å². The molecule has 36 heavy (non-hydrogen) atoms. The van der Waals surface area contributed by atoms with Crippen LogP contribution in [-0.4, -0.2) is 45.3 Å². The van der Waals surface area contributed by atoms with Crippen LogP contribution < -0.4 is 5.73 Å². The Labute approximate surface area is 214 Å². The fourth-order valence-electron chi connectivity index (χ4n) is 5.33. The van der Waals surface area contributed by atoms with Gasteiger partial charge in [0.05, 0.1) is 30.6 Å². The van der Waals surface area contributed by atoms with Gasteiger partial charge in [0.2, 0.25) is 5.89 Å². The number of hydrogen-bond donors (Lipinski definition) is 3. The van der Waals surface area contributed by atoms with E-state index >= 15 is 0 Å². The first-order chi connectivity index (χ1) is 16.8. The van der Waals surface area contributed by atoms with Crippen LogP contribution in [0.2, 0.25) is 0 Å². The highest BCUT2D eigenvalue weighted by Gasteiger charge is 2.47. The topological polar surface area (TPSA) is 136 Å². The Morgan fingerprint density at radius 1 is 1.25 bits per heavy atom. The average molecular weight is 503 g/mol. The van der Waals surface area contributed by atoms with Gasteiger partial charge < -0.3 is 25.1 Å². The first kappa shape index (κ1) is 28.3. The van der Waals surface area contributed by atoms with Gasteiger partial charge in [0, 0.05) is 12.3 Å². The van der Waals surface area contributed by atoms with Crippen molar-refractivity contribution in [1.82, 2.24) is 4.98 Å². The number of Topliss-reactive ketones (excluding diaryl/α,β-unsaturated/α-hetero) is 1. The summed E-state index contributed by atoms with van der Waals surface area (Å²) in [6, 6.07) is 0. The van der Waals surface area contributed by atoms with E-state index in [2.05, 4.69) is 18.0 Å². The van der Waals surface area contributed by atoms with Gasteiger partial charge in [0.1, 0.15) is 23.8 Å². The predicted molar refractivity (Wildman–Crippen MR) is 136 cm³/mol. The number of aliphatic hydroxyl groups excluding tert-OH is 2. The Balaban J connectivity index is 1.88. The Morgan fingerprint density at radius 3 is 2.58 bits per heavy atom. The second-order valence-corrected chi connectivity index (χ2v) is 11.3. The third kappa shape index (κ3) is 6.52. The minimum atomic E-state index is -1.24. The maximum Gasteiger partial charge on any atom is 0.309 e. The minimum absolute atomic E-state index is 0.0219. The molecule has 4 N–H and O–H groups in total. The molecule has 0 spiro atoms. The Bertz CT molecular complexity index is 1010. The molecule has 1 aliphatic carbocycles. The van der Waals surface area contributed by atoms with Crippen molar-refractivity contribution in [3.05, 3.63) is 35.1 Å². The number of rotatable bonds is 3. The zero-order valence-electron chi connectivity index (χ0n) is 22.4. The highest BCUT2D eigenvalue weighted by atomic mass is 16.5. The first-order valence-corrected chi connectivity index (χ1v) is 12.9. The summed E-state index contributed by atoms with van der Waals surface area (Å²) in [6.45, 7) is 11.1. The van der Waals surface area contributed by atoms with Crippen molar-refractivity contribution >= 4 is 17.8 Å². The quantitative estimate of drug-likeness (QED) is 0.419. The van der Waals surface area contributed by atoms with Crippen LogP contribution in [0.15, 0.2) is 27.9 Å². The van der Waals surface area contributed by atoms with Crippen molar-refractivity contribution in [1.29, 1.82) is 0 Å². The smallest absolute Gasteiger partial charge is 0.309 e. The van der Waals surface area contributed by atoms with Crippen LogP contribution in [0.4, 0.5) is 0 Å². The fourth-order valence-corrected chi connectivity index (χ4v) is 5.33. The summed E-state index contributed by atoms with van der Waals surface area (Å²) in [7, 11) is 0. The number of nitrogens with two attached hydrogens (primary N) is 1. The summed E-state index contributed by atoms with van der Waals surface area (Å²) in [5.74, 6) is -0.275. The first-order valence-electron chi connectivity index (χ1n) is 12.9. The van der Waals surface area contributed by atoms with Gasteiger partial charge in [-0.25, -0.2) is 4.98 Å². The second-order valence-electron chi connectivity index (χ2n) is 11.3. The maximum atomic E-state index is 13.3. The summed E-state index contributed by atoms with van der Waals surface area (Å²) in [5.41, 5.74) is 6.94. The Kier molecular flexibility index (Phi) is 8.96. The Morgan fingerprint density at radius 2 is 1.94 bits per heavy atom. The number of nitrogens with zero attached hydrogens (tertiary/aromatic N) is 1. The molecule has 8 heteroatoms. The number of aromatic nitrogens is 1. The van der Waals surface area contributed by atoms with Crippen LogP contribution in [0, 0.1) is 29.1 Å². The van der Waals surface area contributed by atoms with Gasteiger partial charge in [-0.05, 0) is 56.1 Å². The van der Waals surface area contributed by atoms with E-state index in [0.717, 1.165) is 18.4 Å². The van der Waals surface area contributed by atoms with Crippen molar-refractivity contribution in [2.45, 2.75) is 92.1 Å². The van der Waals surface area contributed by atoms with Gasteiger partial charge in [-0.15, -0.1) is 0 Å². The largest absolute Gasteiger partial charge is 0.457 e. The summed E-state index contributed by atoms with van der Waals surface area (Å²) in [5, 5.41) is 21.8. The third-order valence-corrected chi connectivity index (χ3v) is 8.11. The highest BCUT2D eigenvalue weighted by molar-refractivity contribution is 5.88. The lowest BCUT2D eigenvalue weighted by atomic mass is 9.72. The zero-order chi connectivity index (χ0) is 26.8. The molecular weight excluding hydrogens is 460 g/mol. The minimum Gasteiger partial charge on any atom is -0.457 e. The number of oxazole rings is 1. The summed E-state index contributed by atoms with van der Waals surface area (Å²) >= 11 is 0. The van der Waals surface area contributed by atoms with Crippen molar-refractivity contribution in [3.8, 4) is 0 Å². The van der Waals surface area contributed by atoms with Gasteiger partial charge in [-0.1, -0.05) is 39.3 Å². The normalized spacial score (nSPS) is 34.5. The van der Waals surface area contributed by atoms with Gasteiger partial charge in [0.25, 0.3) is 0 Å². The van der Waals surface area contributed by atoms with Crippen LogP contribution >= 0.6 is 0 Å². The molecule has 1 fully saturated rings. The van der Waals surface area contributed by atoms with Crippen molar-refractivity contribution in [2.24, 2.45) is 34.8 Å². The SMILES string of the molecule is CC1=CC[C@@H](C(C)=Cc2coc(CN)n2)OC(=O)C[C@H](O)C(C)(C)C(=O)[C@H](C)[C@@H](O)[C@@H](C)C2CC2C1. The second kappa shape index (κ2) is 11.4. The van der Waals surface area contributed by atoms with Crippen molar-refractivity contribution in [2.75, 3.05) is 0 Å². The molecule has 0 saturated heterocycles. The lowest BCUT2D eigenvalue weighted by Gasteiger charge is -2.34. The monoisotopic (exact) mass is 502 g/mol. The number of hydrogen-bond acceptors (Lipinski definition) is 8. The van der Waals surface area contributed by atoms with E-state index in [9.17, 15) is 19.8 Å². The van der Waals surface area contributed by atoms with E-state index in [1.807, 2.05) is 13.8 Å². The van der Waals surface area contributed by atoms with Crippen molar-refractivity contribution in [3.63, 3.8) is 0 Å². The number of fused-ring (bicyclic) bond motifs is 1. The molecule has 1 saturated carbocycles. The van der Waals surface area contributed by atoms with Crippen LogP contribution in [0.5, 0.6) is 0 Å². The van der Waals surface area contributed by atoms with E-state index in [0.29, 0.717) is 29.8 Å². The maximum absolute atomic E-state index is 13.3. The molecule has 0 aromatic carbocycles. The molecule has 2 unspecified atom stereocenters. The van der Waals surface area contributed by atoms with Crippen LogP contribution in [0.3, 0.4) is 0 Å². The fraction of sp³-hybridized carbons (Fsp3) is 0.679. The standard InChI is InChI=1S/C28H42N2O6/c1-15-7-8-22(16(2)10-20-14-35-24(13-29)30-20)36-25(32)12-23(31)28(5,6)27(34)18(4)26(33)17(3)21-11-19(21)9-15/h7,10,14,17-19,21-23,26,31,33H,8-9,11-13,29H2,1-6H3/t17-,18+,19?,21?,22-,23-,26-/m0/s1. The van der Waals surface area contributed by atoms with Crippen LogP contribution in [0.25, 0.3) is 6.08 Å². The molecule has 0 amide bonds. The molecule has 2 aliphatic rings. The average Bonchev–Trinajstić information content (AvgIpc) is 3.44. The molecule has 1 aromatic rings. The molecular formula is C28H42N2O6. The van der Waals surface area contributed by atoms with Crippen LogP contribution in [-0.2, 0) is 20.9 Å².